The maximum atomic E-state index is 7.40. The highest BCUT2D eigenvalue weighted by Crippen LogP contribution is 2.28. The van der Waals surface area contributed by atoms with E-state index in [1.165, 1.54) is 0 Å². The summed E-state index contributed by atoms with van der Waals surface area (Å²) >= 11 is 0. The Kier molecular flexibility index (Phi) is 6.79. The molecule has 0 aliphatic rings. The maximum absolute atomic E-state index is 7.40. The van der Waals surface area contributed by atoms with Gasteiger partial charge in [-0.3, -0.25) is 10.8 Å². The van der Waals surface area contributed by atoms with Crippen molar-refractivity contribution in [1.82, 2.24) is 0 Å². The standard InChI is InChI=1S/C18H16N4O.2ClH/c19-17(20)13-5-1-11(2-6-13)15-9-10-16(23-15)12-3-7-14(8-4-12)18(21)22;;/h1-10H,(H3,19,20)(H3,21,22);2*1H. The zero-order valence-corrected chi connectivity index (χ0v) is 14.8. The minimum Gasteiger partial charge on any atom is -0.456 e. The van der Waals surface area contributed by atoms with E-state index in [9.17, 15) is 0 Å². The summed E-state index contributed by atoms with van der Waals surface area (Å²) in [4.78, 5) is 0. The molecular weight excluding hydrogens is 359 g/mol. The van der Waals surface area contributed by atoms with Crippen LogP contribution in [0, 0.1) is 10.8 Å². The molecule has 130 valence electrons. The second-order valence-corrected chi connectivity index (χ2v) is 5.15. The Bertz CT molecular complexity index is 799. The van der Waals surface area contributed by atoms with E-state index in [1.54, 1.807) is 24.3 Å². The van der Waals surface area contributed by atoms with E-state index < -0.39 is 0 Å². The molecule has 1 aromatic heterocycles. The quantitative estimate of drug-likeness (QED) is 0.407. The second-order valence-electron chi connectivity index (χ2n) is 5.15. The number of nitrogens with one attached hydrogen (secondary N) is 2. The average molecular weight is 377 g/mol. The molecule has 7 heteroatoms. The monoisotopic (exact) mass is 376 g/mol. The molecule has 0 fully saturated rings. The third kappa shape index (κ3) is 4.41. The highest BCUT2D eigenvalue weighted by molar-refractivity contribution is 5.95. The molecule has 0 radical (unpaired) electrons. The van der Waals surface area contributed by atoms with Crippen molar-refractivity contribution in [1.29, 1.82) is 10.8 Å². The van der Waals surface area contributed by atoms with Crippen LogP contribution in [0.15, 0.2) is 65.1 Å². The smallest absolute Gasteiger partial charge is 0.134 e. The molecule has 2 aromatic carbocycles. The zero-order chi connectivity index (χ0) is 16.4. The maximum Gasteiger partial charge on any atom is 0.134 e. The number of nitrogen functional groups attached to an aromatic ring is 2. The number of hydrogen-bond donors (Lipinski definition) is 4. The molecule has 0 saturated carbocycles. The van der Waals surface area contributed by atoms with Crippen LogP contribution in [0.5, 0.6) is 0 Å². The van der Waals surface area contributed by atoms with Gasteiger partial charge in [0.15, 0.2) is 0 Å². The number of furan rings is 1. The van der Waals surface area contributed by atoms with E-state index in [-0.39, 0.29) is 36.5 Å². The molecule has 5 nitrogen and oxygen atoms in total. The van der Waals surface area contributed by atoms with Gasteiger partial charge in [0.1, 0.15) is 23.2 Å². The van der Waals surface area contributed by atoms with Crippen LogP contribution in [0.1, 0.15) is 11.1 Å². The van der Waals surface area contributed by atoms with Gasteiger partial charge in [-0.15, -0.1) is 24.8 Å². The van der Waals surface area contributed by atoms with Crippen LogP contribution >= 0.6 is 24.8 Å². The topological polar surface area (TPSA) is 113 Å². The van der Waals surface area contributed by atoms with Gasteiger partial charge in [-0.05, 0) is 12.1 Å². The van der Waals surface area contributed by atoms with Crippen LogP contribution < -0.4 is 11.5 Å². The lowest BCUT2D eigenvalue weighted by molar-refractivity contribution is 0.597. The van der Waals surface area contributed by atoms with Gasteiger partial charge in [-0.1, -0.05) is 48.5 Å². The predicted octanol–water partition coefficient (Wildman–Crippen LogP) is 4.03. The van der Waals surface area contributed by atoms with Gasteiger partial charge < -0.3 is 15.9 Å². The van der Waals surface area contributed by atoms with Gasteiger partial charge in [-0.2, -0.15) is 0 Å². The Labute approximate surface area is 157 Å². The minimum atomic E-state index is 0. The summed E-state index contributed by atoms with van der Waals surface area (Å²) in [5.74, 6) is 1.57. The molecular formula is C18H18Cl2N4O. The van der Waals surface area contributed by atoms with Gasteiger partial charge >= 0.3 is 0 Å². The lowest BCUT2D eigenvalue weighted by Gasteiger charge is -2.02. The van der Waals surface area contributed by atoms with Crippen molar-refractivity contribution in [2.45, 2.75) is 0 Å². The molecule has 0 aliphatic heterocycles. The fourth-order valence-corrected chi connectivity index (χ4v) is 2.28. The van der Waals surface area contributed by atoms with Crippen LogP contribution in [-0.4, -0.2) is 11.7 Å². The highest BCUT2D eigenvalue weighted by atomic mass is 35.5. The highest BCUT2D eigenvalue weighted by Gasteiger charge is 2.08. The third-order valence-corrected chi connectivity index (χ3v) is 3.57. The van der Waals surface area contributed by atoms with Crippen LogP contribution in [0.4, 0.5) is 0 Å². The first-order valence-electron chi connectivity index (χ1n) is 7.04. The molecule has 0 atom stereocenters. The molecule has 1 heterocycles. The zero-order valence-electron chi connectivity index (χ0n) is 13.2. The SMILES string of the molecule is Cl.Cl.N=C(N)c1ccc(-c2ccc(-c3ccc(C(=N)N)cc3)o2)cc1. The molecule has 0 spiro atoms. The number of hydrogen-bond acceptors (Lipinski definition) is 3. The van der Waals surface area contributed by atoms with Crippen molar-refractivity contribution in [2.24, 2.45) is 11.5 Å². The predicted molar refractivity (Wildman–Crippen MR) is 106 cm³/mol. The summed E-state index contributed by atoms with van der Waals surface area (Å²) in [6.07, 6.45) is 0. The number of amidine groups is 2. The molecule has 0 saturated heterocycles. The Morgan fingerprint density at radius 2 is 0.920 bits per heavy atom. The molecule has 25 heavy (non-hydrogen) atoms. The molecule has 3 aromatic rings. The molecule has 6 N–H and O–H groups in total. The largest absolute Gasteiger partial charge is 0.456 e. The van der Waals surface area contributed by atoms with Gasteiger partial charge in [0, 0.05) is 22.3 Å². The number of rotatable bonds is 4. The number of halogens is 2. The second kappa shape index (κ2) is 8.37. The van der Waals surface area contributed by atoms with E-state index in [1.807, 2.05) is 36.4 Å². The minimum absolute atomic E-state index is 0. The summed E-state index contributed by atoms with van der Waals surface area (Å²) in [6.45, 7) is 0. The first-order valence-corrected chi connectivity index (χ1v) is 7.04. The van der Waals surface area contributed by atoms with E-state index in [4.69, 9.17) is 26.7 Å². The molecule has 0 aliphatic carbocycles. The summed E-state index contributed by atoms with van der Waals surface area (Å²) in [7, 11) is 0. The summed E-state index contributed by atoms with van der Waals surface area (Å²) < 4.78 is 5.89. The molecule has 0 unspecified atom stereocenters. The average Bonchev–Trinajstić information content (AvgIpc) is 3.05. The van der Waals surface area contributed by atoms with Crippen molar-refractivity contribution in [2.75, 3.05) is 0 Å². The summed E-state index contributed by atoms with van der Waals surface area (Å²) in [6, 6.07) is 18.5. The fraction of sp³-hybridized carbons (Fsp3) is 0. The van der Waals surface area contributed by atoms with Gasteiger partial charge in [0.2, 0.25) is 0 Å². The van der Waals surface area contributed by atoms with Gasteiger partial charge in [-0.25, -0.2) is 0 Å². The lowest BCUT2D eigenvalue weighted by Crippen LogP contribution is -2.10. The Morgan fingerprint density at radius 3 is 1.20 bits per heavy atom. The molecule has 3 rings (SSSR count). The van der Waals surface area contributed by atoms with Crippen LogP contribution in [0.2, 0.25) is 0 Å². The number of nitrogens with two attached hydrogens (primary N) is 2. The molecule has 0 amide bonds. The summed E-state index contributed by atoms with van der Waals surface area (Å²) in [5, 5.41) is 14.8. The Hall–Kier alpha value is -2.76. The van der Waals surface area contributed by atoms with E-state index in [2.05, 4.69) is 0 Å². The summed E-state index contributed by atoms with van der Waals surface area (Å²) in [5.41, 5.74) is 14.1. The van der Waals surface area contributed by atoms with Crippen LogP contribution in [0.25, 0.3) is 22.6 Å². The fourth-order valence-electron chi connectivity index (χ4n) is 2.28. The van der Waals surface area contributed by atoms with Crippen LogP contribution in [-0.2, 0) is 0 Å². The lowest BCUT2D eigenvalue weighted by atomic mass is 10.1. The first kappa shape index (κ1) is 20.3. The van der Waals surface area contributed by atoms with Gasteiger partial charge in [0.05, 0.1) is 0 Å². The van der Waals surface area contributed by atoms with Gasteiger partial charge in [0.25, 0.3) is 0 Å². The van der Waals surface area contributed by atoms with Crippen molar-refractivity contribution in [3.63, 3.8) is 0 Å². The Balaban J connectivity index is 0.00000156. The van der Waals surface area contributed by atoms with Crippen molar-refractivity contribution in [3.05, 3.63) is 71.8 Å². The third-order valence-electron chi connectivity index (χ3n) is 3.57. The normalized spacial score (nSPS) is 9.60. The van der Waals surface area contributed by atoms with E-state index in [0.29, 0.717) is 11.1 Å². The van der Waals surface area contributed by atoms with E-state index in [0.717, 1.165) is 22.6 Å². The van der Waals surface area contributed by atoms with Crippen LogP contribution in [0.3, 0.4) is 0 Å². The Morgan fingerprint density at radius 1 is 0.600 bits per heavy atom. The van der Waals surface area contributed by atoms with Crippen molar-refractivity contribution >= 4 is 36.5 Å². The van der Waals surface area contributed by atoms with Crippen molar-refractivity contribution in [3.8, 4) is 22.6 Å². The van der Waals surface area contributed by atoms with Crippen molar-refractivity contribution < 1.29 is 4.42 Å². The molecule has 0 bridgehead atoms. The number of benzene rings is 2. The first-order chi connectivity index (χ1) is 11.0. The van der Waals surface area contributed by atoms with E-state index >= 15 is 0 Å².